The number of aryl methyl sites for hydroxylation is 2. The Balaban J connectivity index is 1.56. The van der Waals surface area contributed by atoms with Gasteiger partial charge in [-0.15, -0.1) is 0 Å². The lowest BCUT2D eigenvalue weighted by molar-refractivity contribution is 0.0491. The summed E-state index contributed by atoms with van der Waals surface area (Å²) in [5, 5.41) is 4.53. The van der Waals surface area contributed by atoms with E-state index in [1.54, 1.807) is 31.1 Å². The maximum absolute atomic E-state index is 12.6. The summed E-state index contributed by atoms with van der Waals surface area (Å²) in [6.07, 6.45) is 0. The van der Waals surface area contributed by atoms with Gasteiger partial charge < -0.3 is 14.1 Å². The molecule has 0 saturated carbocycles. The second kappa shape index (κ2) is 6.99. The number of hydrogen-bond acceptors (Lipinski definition) is 5. The highest BCUT2D eigenvalue weighted by molar-refractivity contribution is 5.95. The minimum Gasteiger partial charge on any atom is -0.496 e. The molecule has 28 heavy (non-hydrogen) atoms. The van der Waals surface area contributed by atoms with Crippen LogP contribution in [0.25, 0.3) is 11.3 Å². The third-order valence-corrected chi connectivity index (χ3v) is 4.97. The van der Waals surface area contributed by atoms with Gasteiger partial charge in [0.05, 0.1) is 24.4 Å². The number of ether oxygens (including phenoxy) is 1. The summed E-state index contributed by atoms with van der Waals surface area (Å²) in [6.45, 7) is 4.46. The van der Waals surface area contributed by atoms with Gasteiger partial charge in [-0.05, 0) is 38.1 Å². The van der Waals surface area contributed by atoms with Gasteiger partial charge in [-0.3, -0.25) is 9.59 Å². The van der Waals surface area contributed by atoms with Crippen molar-refractivity contribution in [3.8, 4) is 17.0 Å². The molecule has 1 fully saturated rings. The van der Waals surface area contributed by atoms with Crippen LogP contribution in [-0.2, 0) is 0 Å². The topological polar surface area (TPSA) is 77.6 Å². The summed E-state index contributed by atoms with van der Waals surface area (Å²) in [6, 6.07) is 12.3. The maximum atomic E-state index is 12.6. The van der Waals surface area contributed by atoms with Gasteiger partial charge in [-0.1, -0.05) is 12.1 Å². The fourth-order valence-corrected chi connectivity index (χ4v) is 3.48. The largest absolute Gasteiger partial charge is 0.496 e. The van der Waals surface area contributed by atoms with E-state index in [9.17, 15) is 9.59 Å². The standard InChI is InChI=1S/C21H21N3O4/c1-13-10-17(14(2)28-13)21(26)23-11-15(12-23)24-20(25)9-8-18(22-24)16-6-4-5-7-19(16)27-3/h4-10,15H,11-12H2,1-3H3. The molecule has 0 radical (unpaired) electrons. The lowest BCUT2D eigenvalue weighted by Crippen LogP contribution is -2.53. The fourth-order valence-electron chi connectivity index (χ4n) is 3.48. The molecule has 1 aromatic carbocycles. The summed E-state index contributed by atoms with van der Waals surface area (Å²) in [7, 11) is 1.60. The van der Waals surface area contributed by atoms with Crippen LogP contribution >= 0.6 is 0 Å². The summed E-state index contributed by atoms with van der Waals surface area (Å²) in [5.74, 6) is 1.93. The number of amides is 1. The predicted octanol–water partition coefficient (Wildman–Crippen LogP) is 2.83. The third-order valence-electron chi connectivity index (χ3n) is 4.97. The van der Waals surface area contributed by atoms with E-state index in [0.29, 0.717) is 41.6 Å². The van der Waals surface area contributed by atoms with Crippen LogP contribution in [0.2, 0.25) is 0 Å². The zero-order chi connectivity index (χ0) is 19.8. The molecule has 1 aliphatic rings. The molecule has 2 aromatic heterocycles. The van der Waals surface area contributed by atoms with Crippen molar-refractivity contribution in [3.63, 3.8) is 0 Å². The van der Waals surface area contributed by atoms with Crippen LogP contribution in [0.3, 0.4) is 0 Å². The van der Waals surface area contributed by atoms with Crippen LogP contribution in [0.4, 0.5) is 0 Å². The molecule has 0 N–H and O–H groups in total. The first-order chi connectivity index (χ1) is 13.5. The highest BCUT2D eigenvalue weighted by Gasteiger charge is 2.35. The molecule has 1 saturated heterocycles. The number of likely N-dealkylation sites (tertiary alicyclic amines) is 1. The quantitative estimate of drug-likeness (QED) is 0.697. The molecular weight excluding hydrogens is 358 g/mol. The number of carbonyl (C=O) groups excluding carboxylic acids is 1. The molecule has 0 spiro atoms. The number of carbonyl (C=O) groups is 1. The van der Waals surface area contributed by atoms with Crippen molar-refractivity contribution in [3.05, 3.63) is 69.9 Å². The summed E-state index contributed by atoms with van der Waals surface area (Å²) >= 11 is 0. The molecule has 7 heteroatoms. The van der Waals surface area contributed by atoms with E-state index >= 15 is 0 Å². The Morgan fingerprint density at radius 3 is 2.61 bits per heavy atom. The number of furan rings is 1. The fraction of sp³-hybridized carbons (Fsp3) is 0.286. The smallest absolute Gasteiger partial charge is 0.267 e. The average Bonchev–Trinajstić information content (AvgIpc) is 3.00. The molecule has 0 bridgehead atoms. The number of methoxy groups -OCH3 is 1. The van der Waals surface area contributed by atoms with Crippen molar-refractivity contribution in [2.75, 3.05) is 20.2 Å². The van der Waals surface area contributed by atoms with Gasteiger partial charge >= 0.3 is 0 Å². The van der Waals surface area contributed by atoms with Gasteiger partial charge in [0.15, 0.2) is 0 Å². The van der Waals surface area contributed by atoms with E-state index < -0.39 is 0 Å². The molecule has 0 aliphatic carbocycles. The Kier molecular flexibility index (Phi) is 4.50. The van der Waals surface area contributed by atoms with Crippen molar-refractivity contribution in [2.45, 2.75) is 19.9 Å². The van der Waals surface area contributed by atoms with Crippen molar-refractivity contribution >= 4 is 5.91 Å². The van der Waals surface area contributed by atoms with Gasteiger partial charge in [0.1, 0.15) is 17.3 Å². The predicted molar refractivity (Wildman–Crippen MR) is 104 cm³/mol. The molecular formula is C21H21N3O4. The molecule has 144 valence electrons. The Hall–Kier alpha value is -3.35. The molecule has 1 aliphatic heterocycles. The second-order valence-electron chi connectivity index (χ2n) is 6.89. The van der Waals surface area contributed by atoms with Gasteiger partial charge in [0.2, 0.25) is 0 Å². The number of nitrogens with zero attached hydrogens (tertiary/aromatic N) is 3. The van der Waals surface area contributed by atoms with Crippen molar-refractivity contribution in [1.29, 1.82) is 0 Å². The van der Waals surface area contributed by atoms with Crippen molar-refractivity contribution in [2.24, 2.45) is 0 Å². The zero-order valence-corrected chi connectivity index (χ0v) is 16.0. The normalized spacial score (nSPS) is 14.0. The molecule has 7 nitrogen and oxygen atoms in total. The van der Waals surface area contributed by atoms with E-state index in [2.05, 4.69) is 5.10 Å². The number of rotatable bonds is 4. The lowest BCUT2D eigenvalue weighted by Gasteiger charge is -2.39. The number of aromatic nitrogens is 2. The first-order valence-corrected chi connectivity index (χ1v) is 9.07. The number of benzene rings is 1. The monoisotopic (exact) mass is 379 g/mol. The van der Waals surface area contributed by atoms with Crippen LogP contribution < -0.4 is 10.3 Å². The number of hydrogen-bond donors (Lipinski definition) is 0. The molecule has 3 heterocycles. The Bertz CT molecular complexity index is 1090. The van der Waals surface area contributed by atoms with Gasteiger partial charge in [0, 0.05) is 24.7 Å². The molecule has 0 unspecified atom stereocenters. The minimum atomic E-state index is -0.189. The average molecular weight is 379 g/mol. The van der Waals surface area contributed by atoms with E-state index in [-0.39, 0.29) is 17.5 Å². The minimum absolute atomic E-state index is 0.0838. The van der Waals surface area contributed by atoms with Crippen LogP contribution in [0.1, 0.15) is 27.9 Å². The third kappa shape index (κ3) is 3.09. The SMILES string of the molecule is COc1ccccc1-c1ccc(=O)n(C2CN(C(=O)c3cc(C)oc3C)C2)n1. The van der Waals surface area contributed by atoms with Gasteiger partial charge in [-0.2, -0.15) is 5.10 Å². The van der Waals surface area contributed by atoms with E-state index in [1.807, 2.05) is 31.2 Å². The highest BCUT2D eigenvalue weighted by Crippen LogP contribution is 2.29. The summed E-state index contributed by atoms with van der Waals surface area (Å²) in [4.78, 5) is 26.7. The summed E-state index contributed by atoms with van der Waals surface area (Å²) in [5.41, 5.74) is 1.85. The van der Waals surface area contributed by atoms with E-state index in [1.165, 1.54) is 10.7 Å². The molecule has 1 amide bonds. The Labute approximate surface area is 162 Å². The first kappa shape index (κ1) is 18.0. The van der Waals surface area contributed by atoms with Crippen LogP contribution in [0.15, 0.2) is 51.7 Å². The lowest BCUT2D eigenvalue weighted by atomic mass is 10.1. The molecule has 4 rings (SSSR count). The van der Waals surface area contributed by atoms with Crippen LogP contribution in [-0.4, -0.2) is 40.8 Å². The molecule has 3 aromatic rings. The summed E-state index contributed by atoms with van der Waals surface area (Å²) < 4.78 is 12.3. The molecule has 0 atom stereocenters. The van der Waals surface area contributed by atoms with Crippen LogP contribution in [0, 0.1) is 13.8 Å². The van der Waals surface area contributed by atoms with Gasteiger partial charge in [0.25, 0.3) is 11.5 Å². The highest BCUT2D eigenvalue weighted by atomic mass is 16.5. The maximum Gasteiger partial charge on any atom is 0.267 e. The number of para-hydroxylation sites is 1. The Morgan fingerprint density at radius 2 is 1.93 bits per heavy atom. The van der Waals surface area contributed by atoms with E-state index in [0.717, 1.165) is 5.56 Å². The van der Waals surface area contributed by atoms with Crippen LogP contribution in [0.5, 0.6) is 5.75 Å². The Morgan fingerprint density at radius 1 is 1.18 bits per heavy atom. The second-order valence-corrected chi connectivity index (χ2v) is 6.89. The van der Waals surface area contributed by atoms with E-state index in [4.69, 9.17) is 9.15 Å². The van der Waals surface area contributed by atoms with Gasteiger partial charge in [-0.25, -0.2) is 4.68 Å². The first-order valence-electron chi connectivity index (χ1n) is 9.07. The van der Waals surface area contributed by atoms with Crippen molar-refractivity contribution < 1.29 is 13.9 Å². The van der Waals surface area contributed by atoms with Crippen molar-refractivity contribution in [1.82, 2.24) is 14.7 Å². The zero-order valence-electron chi connectivity index (χ0n) is 16.0.